The molecule has 0 radical (unpaired) electrons. The van der Waals surface area contributed by atoms with Gasteiger partial charge in [-0.2, -0.15) is 0 Å². The Balaban J connectivity index is 1.78. The van der Waals surface area contributed by atoms with Gasteiger partial charge in [0.1, 0.15) is 0 Å². The van der Waals surface area contributed by atoms with E-state index < -0.39 is 23.8 Å². The maximum atomic E-state index is 12.8. The Bertz CT molecular complexity index is 847. The SMILES string of the molecule is CC(=NCc1ccccc1)C1C(=O)NC(=O)N(Cc2ccccc2)C1=O. The number of nitrogens with one attached hydrogen (secondary N) is 1. The molecule has 1 N–H and O–H groups in total. The Morgan fingerprint density at radius 3 is 2.15 bits per heavy atom. The zero-order valence-corrected chi connectivity index (χ0v) is 14.4. The van der Waals surface area contributed by atoms with Crippen molar-refractivity contribution >= 4 is 23.6 Å². The first-order valence-corrected chi connectivity index (χ1v) is 8.31. The summed E-state index contributed by atoms with van der Waals surface area (Å²) in [5.74, 6) is -2.25. The molecule has 4 amide bonds. The first kappa shape index (κ1) is 17.5. The average Bonchev–Trinajstić information content (AvgIpc) is 2.65. The first-order valence-electron chi connectivity index (χ1n) is 8.31. The summed E-state index contributed by atoms with van der Waals surface area (Å²) < 4.78 is 0. The van der Waals surface area contributed by atoms with Crippen LogP contribution in [0.1, 0.15) is 18.1 Å². The maximum absolute atomic E-state index is 12.8. The quantitative estimate of drug-likeness (QED) is 0.665. The molecular weight excluding hydrogens is 330 g/mol. The summed E-state index contributed by atoms with van der Waals surface area (Å²) in [7, 11) is 0. The largest absolute Gasteiger partial charge is 0.331 e. The highest BCUT2D eigenvalue weighted by Crippen LogP contribution is 2.16. The van der Waals surface area contributed by atoms with E-state index >= 15 is 0 Å². The van der Waals surface area contributed by atoms with Crippen LogP contribution in [-0.4, -0.2) is 28.5 Å². The predicted molar refractivity (Wildman–Crippen MR) is 97.3 cm³/mol. The summed E-state index contributed by atoms with van der Waals surface area (Å²) in [5, 5.41) is 2.26. The van der Waals surface area contributed by atoms with Crippen LogP contribution in [-0.2, 0) is 22.7 Å². The summed E-state index contributed by atoms with van der Waals surface area (Å²) in [5.41, 5.74) is 2.18. The Hall–Kier alpha value is -3.28. The van der Waals surface area contributed by atoms with Gasteiger partial charge in [-0.1, -0.05) is 60.7 Å². The van der Waals surface area contributed by atoms with E-state index in [4.69, 9.17) is 0 Å². The summed E-state index contributed by atoms with van der Waals surface area (Å²) in [4.78, 5) is 42.5. The number of nitrogens with zero attached hydrogens (tertiary/aromatic N) is 2. The minimum absolute atomic E-state index is 0.112. The smallest absolute Gasteiger partial charge is 0.288 e. The number of aliphatic imine (C=N–C) groups is 1. The number of carbonyl (C=O) groups excluding carboxylic acids is 3. The van der Waals surface area contributed by atoms with Crippen molar-refractivity contribution in [2.45, 2.75) is 20.0 Å². The average molecular weight is 349 g/mol. The predicted octanol–water partition coefficient (Wildman–Crippen LogP) is 2.54. The van der Waals surface area contributed by atoms with Gasteiger partial charge in [-0.15, -0.1) is 0 Å². The molecule has 0 aliphatic carbocycles. The van der Waals surface area contributed by atoms with Gasteiger partial charge in [0.15, 0.2) is 5.92 Å². The van der Waals surface area contributed by atoms with Crippen molar-refractivity contribution in [3.63, 3.8) is 0 Å². The van der Waals surface area contributed by atoms with Crippen LogP contribution in [0.4, 0.5) is 4.79 Å². The van der Waals surface area contributed by atoms with Gasteiger partial charge < -0.3 is 0 Å². The molecule has 6 nitrogen and oxygen atoms in total. The van der Waals surface area contributed by atoms with E-state index in [1.807, 2.05) is 60.7 Å². The molecule has 1 unspecified atom stereocenters. The van der Waals surface area contributed by atoms with Gasteiger partial charge in [0.2, 0.25) is 11.8 Å². The van der Waals surface area contributed by atoms with Crippen molar-refractivity contribution in [1.29, 1.82) is 0 Å². The summed E-state index contributed by atoms with van der Waals surface area (Å²) in [6.45, 7) is 2.12. The van der Waals surface area contributed by atoms with Crippen molar-refractivity contribution in [3.8, 4) is 0 Å². The second kappa shape index (κ2) is 7.74. The lowest BCUT2D eigenvalue weighted by Crippen LogP contribution is -2.59. The fourth-order valence-corrected chi connectivity index (χ4v) is 2.79. The number of hydrogen-bond acceptors (Lipinski definition) is 4. The molecule has 2 aromatic carbocycles. The molecule has 1 saturated heterocycles. The monoisotopic (exact) mass is 349 g/mol. The van der Waals surface area contributed by atoms with E-state index in [1.165, 1.54) is 0 Å². The van der Waals surface area contributed by atoms with Crippen LogP contribution >= 0.6 is 0 Å². The molecule has 1 heterocycles. The molecule has 0 aromatic heterocycles. The van der Waals surface area contributed by atoms with E-state index in [9.17, 15) is 14.4 Å². The minimum Gasteiger partial charge on any atom is -0.288 e. The third kappa shape index (κ3) is 3.85. The lowest BCUT2D eigenvalue weighted by molar-refractivity contribution is -0.139. The van der Waals surface area contributed by atoms with E-state index in [2.05, 4.69) is 10.3 Å². The topological polar surface area (TPSA) is 78.8 Å². The van der Waals surface area contributed by atoms with Crippen LogP contribution in [0.25, 0.3) is 0 Å². The number of imide groups is 2. The normalized spacial score (nSPS) is 18.0. The number of benzene rings is 2. The number of urea groups is 1. The Morgan fingerprint density at radius 1 is 0.962 bits per heavy atom. The molecular formula is C20H19N3O3. The van der Waals surface area contributed by atoms with Crippen molar-refractivity contribution in [1.82, 2.24) is 10.2 Å². The van der Waals surface area contributed by atoms with E-state index in [-0.39, 0.29) is 6.54 Å². The van der Waals surface area contributed by atoms with Gasteiger partial charge in [0.05, 0.1) is 13.1 Å². The highest BCUT2D eigenvalue weighted by molar-refractivity contribution is 6.27. The molecule has 3 rings (SSSR count). The van der Waals surface area contributed by atoms with Crippen LogP contribution in [0, 0.1) is 5.92 Å². The molecule has 1 aliphatic rings. The zero-order valence-electron chi connectivity index (χ0n) is 14.4. The standard InChI is InChI=1S/C20H19N3O3/c1-14(21-12-15-8-4-2-5-9-15)17-18(24)22-20(26)23(19(17)25)13-16-10-6-3-7-11-16/h2-11,17H,12-13H2,1H3,(H,22,24,26). The summed E-state index contributed by atoms with van der Waals surface area (Å²) in [6.07, 6.45) is 0. The maximum Gasteiger partial charge on any atom is 0.331 e. The van der Waals surface area contributed by atoms with Crippen molar-refractivity contribution in [2.24, 2.45) is 10.9 Å². The minimum atomic E-state index is -1.08. The van der Waals surface area contributed by atoms with Crippen LogP contribution in [0.3, 0.4) is 0 Å². The van der Waals surface area contributed by atoms with Gasteiger partial charge in [-0.3, -0.25) is 24.8 Å². The lowest BCUT2D eigenvalue weighted by Gasteiger charge is -2.30. The van der Waals surface area contributed by atoms with Crippen LogP contribution in [0.5, 0.6) is 0 Å². The second-order valence-electron chi connectivity index (χ2n) is 6.08. The zero-order chi connectivity index (χ0) is 18.5. The fourth-order valence-electron chi connectivity index (χ4n) is 2.79. The van der Waals surface area contributed by atoms with E-state index in [1.54, 1.807) is 6.92 Å². The molecule has 0 bridgehead atoms. The molecule has 1 fully saturated rings. The fraction of sp³-hybridized carbons (Fsp3) is 0.200. The second-order valence-corrected chi connectivity index (χ2v) is 6.08. The third-order valence-electron chi connectivity index (χ3n) is 4.21. The first-order chi connectivity index (χ1) is 12.6. The van der Waals surface area contributed by atoms with Crippen molar-refractivity contribution in [3.05, 3.63) is 71.8 Å². The molecule has 1 atom stereocenters. The number of barbiturate groups is 1. The van der Waals surface area contributed by atoms with Crippen molar-refractivity contribution < 1.29 is 14.4 Å². The molecule has 26 heavy (non-hydrogen) atoms. The molecule has 132 valence electrons. The third-order valence-corrected chi connectivity index (χ3v) is 4.21. The Kier molecular flexibility index (Phi) is 5.22. The van der Waals surface area contributed by atoms with E-state index in [0.717, 1.165) is 16.0 Å². The van der Waals surface area contributed by atoms with Gasteiger partial charge in [-0.25, -0.2) is 4.79 Å². The number of amides is 4. The number of carbonyl (C=O) groups is 3. The van der Waals surface area contributed by atoms with Crippen LogP contribution < -0.4 is 5.32 Å². The van der Waals surface area contributed by atoms with Gasteiger partial charge in [0.25, 0.3) is 0 Å². The van der Waals surface area contributed by atoms with Crippen LogP contribution in [0.15, 0.2) is 65.7 Å². The lowest BCUT2D eigenvalue weighted by atomic mass is 9.99. The number of rotatable bonds is 5. The molecule has 6 heteroatoms. The Labute approximate surface area is 151 Å². The Morgan fingerprint density at radius 2 is 1.54 bits per heavy atom. The summed E-state index contributed by atoms with van der Waals surface area (Å²) >= 11 is 0. The van der Waals surface area contributed by atoms with Gasteiger partial charge >= 0.3 is 6.03 Å². The van der Waals surface area contributed by atoms with Crippen molar-refractivity contribution in [2.75, 3.05) is 0 Å². The molecule has 0 spiro atoms. The van der Waals surface area contributed by atoms with Crippen LogP contribution in [0.2, 0.25) is 0 Å². The van der Waals surface area contributed by atoms with E-state index in [0.29, 0.717) is 12.3 Å². The highest BCUT2D eigenvalue weighted by Gasteiger charge is 2.41. The summed E-state index contributed by atoms with van der Waals surface area (Å²) in [6, 6.07) is 18.0. The molecule has 0 saturated carbocycles. The molecule has 1 aliphatic heterocycles. The highest BCUT2D eigenvalue weighted by atomic mass is 16.2. The van der Waals surface area contributed by atoms with Gasteiger partial charge in [-0.05, 0) is 18.1 Å². The van der Waals surface area contributed by atoms with Gasteiger partial charge in [0, 0.05) is 5.71 Å². The molecule has 2 aromatic rings. The number of hydrogen-bond donors (Lipinski definition) is 1.